The summed E-state index contributed by atoms with van der Waals surface area (Å²) in [7, 11) is -3.66. The second-order valence-corrected chi connectivity index (χ2v) is 6.70. The lowest BCUT2D eigenvalue weighted by Crippen LogP contribution is -2.39. The number of hydrogen-bond donors (Lipinski definition) is 1. The van der Waals surface area contributed by atoms with Gasteiger partial charge in [-0.15, -0.1) is 0 Å². The third-order valence-corrected chi connectivity index (χ3v) is 4.95. The van der Waals surface area contributed by atoms with E-state index in [-0.39, 0.29) is 16.5 Å². The van der Waals surface area contributed by atoms with E-state index in [1.807, 2.05) is 0 Å². The minimum atomic E-state index is -3.66. The molecule has 104 valence electrons. The van der Waals surface area contributed by atoms with Crippen LogP contribution in [0.3, 0.4) is 0 Å². The lowest BCUT2D eigenvalue weighted by atomic mass is 10.1. The van der Waals surface area contributed by atoms with Crippen LogP contribution in [-0.2, 0) is 14.6 Å². The van der Waals surface area contributed by atoms with Crippen LogP contribution in [0.2, 0.25) is 0 Å². The molecule has 1 fully saturated rings. The molecule has 1 aliphatic heterocycles. The van der Waals surface area contributed by atoms with Crippen molar-refractivity contribution >= 4 is 21.4 Å². The minimum Gasteiger partial charge on any atom is -0.398 e. The smallest absolute Gasteiger partial charge is 0.238 e. The number of benzene rings is 1. The molecule has 1 saturated heterocycles. The standard InChI is InChI=1S/C13H18N2O3S/c14-11-6-2-3-7-12(11)19(17,18)10-13(16)15-8-4-1-5-9-15/h2-3,6-7H,1,4-5,8-10,14H2. The average molecular weight is 282 g/mol. The van der Waals surface area contributed by atoms with Gasteiger partial charge in [0.1, 0.15) is 5.75 Å². The Kier molecular flexibility index (Phi) is 4.09. The number of para-hydroxylation sites is 1. The molecule has 1 aliphatic rings. The quantitative estimate of drug-likeness (QED) is 0.840. The predicted molar refractivity (Wildman–Crippen MR) is 73.3 cm³/mol. The fraction of sp³-hybridized carbons (Fsp3) is 0.462. The second-order valence-electron chi connectivity index (χ2n) is 4.74. The predicted octanol–water partition coefficient (Wildman–Crippen LogP) is 1.05. The van der Waals surface area contributed by atoms with E-state index in [0.717, 1.165) is 19.3 Å². The molecule has 0 radical (unpaired) electrons. The number of likely N-dealkylation sites (tertiary alicyclic amines) is 1. The maximum absolute atomic E-state index is 12.2. The number of anilines is 1. The highest BCUT2D eigenvalue weighted by Gasteiger charge is 2.25. The van der Waals surface area contributed by atoms with E-state index >= 15 is 0 Å². The Morgan fingerprint density at radius 3 is 2.42 bits per heavy atom. The van der Waals surface area contributed by atoms with E-state index < -0.39 is 15.6 Å². The van der Waals surface area contributed by atoms with Crippen molar-refractivity contribution in [3.8, 4) is 0 Å². The average Bonchev–Trinajstić information content (AvgIpc) is 2.39. The summed E-state index contributed by atoms with van der Waals surface area (Å²) in [6.07, 6.45) is 2.99. The summed E-state index contributed by atoms with van der Waals surface area (Å²) in [5, 5.41) is 0. The highest BCUT2D eigenvalue weighted by Crippen LogP contribution is 2.19. The maximum atomic E-state index is 12.2. The Labute approximate surface area is 113 Å². The number of amides is 1. The molecule has 0 aliphatic carbocycles. The van der Waals surface area contributed by atoms with Gasteiger partial charge in [0, 0.05) is 13.1 Å². The van der Waals surface area contributed by atoms with Crippen LogP contribution in [0.4, 0.5) is 5.69 Å². The van der Waals surface area contributed by atoms with Gasteiger partial charge < -0.3 is 10.6 Å². The Hall–Kier alpha value is -1.56. The van der Waals surface area contributed by atoms with Crippen molar-refractivity contribution in [2.75, 3.05) is 24.6 Å². The van der Waals surface area contributed by atoms with Gasteiger partial charge in [0.2, 0.25) is 5.91 Å². The van der Waals surface area contributed by atoms with Crippen LogP contribution in [0.25, 0.3) is 0 Å². The van der Waals surface area contributed by atoms with Crippen molar-refractivity contribution in [3.05, 3.63) is 24.3 Å². The van der Waals surface area contributed by atoms with Gasteiger partial charge in [0.25, 0.3) is 0 Å². The molecular weight excluding hydrogens is 264 g/mol. The first-order valence-electron chi connectivity index (χ1n) is 6.36. The van der Waals surface area contributed by atoms with Crippen LogP contribution in [0.5, 0.6) is 0 Å². The monoisotopic (exact) mass is 282 g/mol. The SMILES string of the molecule is Nc1ccccc1S(=O)(=O)CC(=O)N1CCCCC1. The molecule has 1 amide bonds. The molecular formula is C13H18N2O3S. The number of carbonyl (C=O) groups is 1. The van der Waals surface area contributed by atoms with Crippen molar-refractivity contribution in [2.24, 2.45) is 0 Å². The van der Waals surface area contributed by atoms with E-state index in [9.17, 15) is 13.2 Å². The first kappa shape index (κ1) is 13.9. The lowest BCUT2D eigenvalue weighted by Gasteiger charge is -2.26. The van der Waals surface area contributed by atoms with E-state index in [1.54, 1.807) is 17.0 Å². The molecule has 0 saturated carbocycles. The highest BCUT2D eigenvalue weighted by molar-refractivity contribution is 7.92. The van der Waals surface area contributed by atoms with Crippen LogP contribution >= 0.6 is 0 Å². The molecule has 0 unspecified atom stereocenters. The molecule has 1 aromatic rings. The third kappa shape index (κ3) is 3.26. The topological polar surface area (TPSA) is 80.5 Å². The summed E-state index contributed by atoms with van der Waals surface area (Å²) in [6, 6.07) is 6.24. The van der Waals surface area contributed by atoms with Crippen molar-refractivity contribution in [1.29, 1.82) is 0 Å². The zero-order valence-electron chi connectivity index (χ0n) is 10.7. The second kappa shape index (κ2) is 5.61. The first-order chi connectivity index (χ1) is 9.00. The summed E-state index contributed by atoms with van der Waals surface area (Å²) in [5.41, 5.74) is 5.85. The van der Waals surface area contributed by atoms with Gasteiger partial charge in [-0.2, -0.15) is 0 Å². The number of nitrogen functional groups attached to an aromatic ring is 1. The molecule has 0 atom stereocenters. The molecule has 1 heterocycles. The van der Waals surface area contributed by atoms with Gasteiger partial charge in [0.15, 0.2) is 9.84 Å². The summed E-state index contributed by atoms with van der Waals surface area (Å²) < 4.78 is 24.4. The van der Waals surface area contributed by atoms with Gasteiger partial charge in [-0.3, -0.25) is 4.79 Å². The van der Waals surface area contributed by atoms with Crippen molar-refractivity contribution < 1.29 is 13.2 Å². The lowest BCUT2D eigenvalue weighted by molar-refractivity contribution is -0.129. The summed E-state index contributed by atoms with van der Waals surface area (Å²) in [6.45, 7) is 1.30. The van der Waals surface area contributed by atoms with E-state index in [1.165, 1.54) is 12.1 Å². The molecule has 2 N–H and O–H groups in total. The Balaban J connectivity index is 2.13. The molecule has 2 rings (SSSR count). The Morgan fingerprint density at radius 2 is 1.79 bits per heavy atom. The Morgan fingerprint density at radius 1 is 1.16 bits per heavy atom. The molecule has 0 spiro atoms. The first-order valence-corrected chi connectivity index (χ1v) is 8.01. The molecule has 0 aromatic heterocycles. The van der Waals surface area contributed by atoms with Crippen LogP contribution in [0.1, 0.15) is 19.3 Å². The zero-order valence-corrected chi connectivity index (χ0v) is 11.5. The summed E-state index contributed by atoms with van der Waals surface area (Å²) in [5.74, 6) is -0.829. The normalized spacial score (nSPS) is 16.3. The van der Waals surface area contributed by atoms with Gasteiger partial charge in [-0.25, -0.2) is 8.42 Å². The Bertz CT molecular complexity index is 563. The molecule has 0 bridgehead atoms. The van der Waals surface area contributed by atoms with E-state index in [2.05, 4.69) is 0 Å². The van der Waals surface area contributed by atoms with Crippen LogP contribution in [0, 0.1) is 0 Å². The molecule has 19 heavy (non-hydrogen) atoms. The maximum Gasteiger partial charge on any atom is 0.238 e. The number of piperidine rings is 1. The number of hydrogen-bond acceptors (Lipinski definition) is 4. The van der Waals surface area contributed by atoms with Gasteiger partial charge in [-0.05, 0) is 31.4 Å². The molecule has 6 heteroatoms. The molecule has 1 aromatic carbocycles. The van der Waals surface area contributed by atoms with Crippen LogP contribution in [0.15, 0.2) is 29.2 Å². The van der Waals surface area contributed by atoms with Crippen LogP contribution in [-0.4, -0.2) is 38.1 Å². The van der Waals surface area contributed by atoms with E-state index in [0.29, 0.717) is 13.1 Å². The van der Waals surface area contributed by atoms with Gasteiger partial charge >= 0.3 is 0 Å². The van der Waals surface area contributed by atoms with E-state index in [4.69, 9.17) is 5.73 Å². The highest BCUT2D eigenvalue weighted by atomic mass is 32.2. The summed E-state index contributed by atoms with van der Waals surface area (Å²) >= 11 is 0. The number of carbonyl (C=O) groups excluding carboxylic acids is 1. The van der Waals surface area contributed by atoms with Crippen LogP contribution < -0.4 is 5.73 Å². The minimum absolute atomic E-state index is 0.0420. The van der Waals surface area contributed by atoms with Gasteiger partial charge in [-0.1, -0.05) is 12.1 Å². The van der Waals surface area contributed by atoms with Gasteiger partial charge in [0.05, 0.1) is 10.6 Å². The number of nitrogens with zero attached hydrogens (tertiary/aromatic N) is 1. The third-order valence-electron chi connectivity index (χ3n) is 3.28. The fourth-order valence-electron chi connectivity index (χ4n) is 2.24. The van der Waals surface area contributed by atoms with Crippen molar-refractivity contribution in [2.45, 2.75) is 24.2 Å². The number of nitrogens with two attached hydrogens (primary N) is 1. The van der Waals surface area contributed by atoms with Crippen molar-refractivity contribution in [3.63, 3.8) is 0 Å². The fourth-order valence-corrected chi connectivity index (χ4v) is 3.61. The van der Waals surface area contributed by atoms with Crippen molar-refractivity contribution in [1.82, 2.24) is 4.90 Å². The zero-order chi connectivity index (χ0) is 13.9. The molecule has 5 nitrogen and oxygen atoms in total. The number of sulfone groups is 1. The largest absolute Gasteiger partial charge is 0.398 e. The summed E-state index contributed by atoms with van der Waals surface area (Å²) in [4.78, 5) is 13.7. The number of rotatable bonds is 3.